The molecular formula is C18H17N5O2. The highest BCUT2D eigenvalue weighted by Crippen LogP contribution is 2.21. The number of hydrogen-bond donors (Lipinski definition) is 2. The summed E-state index contributed by atoms with van der Waals surface area (Å²) in [6.07, 6.45) is 3.66. The highest BCUT2D eigenvalue weighted by Gasteiger charge is 2.07. The number of hydrogen-bond acceptors (Lipinski definition) is 5. The van der Waals surface area contributed by atoms with E-state index in [9.17, 15) is 9.90 Å². The molecule has 0 atom stereocenters. The number of nitrogens with zero attached hydrogens (tertiary/aromatic N) is 4. The number of hydrazone groups is 1. The molecule has 0 saturated carbocycles. The van der Waals surface area contributed by atoms with E-state index in [1.54, 1.807) is 24.3 Å². The molecule has 3 rings (SSSR count). The van der Waals surface area contributed by atoms with E-state index >= 15 is 0 Å². The van der Waals surface area contributed by atoms with E-state index < -0.39 is 0 Å². The van der Waals surface area contributed by atoms with E-state index in [0.29, 0.717) is 12.0 Å². The fourth-order valence-corrected chi connectivity index (χ4v) is 2.35. The maximum Gasteiger partial charge on any atom is 0.263 e. The van der Waals surface area contributed by atoms with Crippen molar-refractivity contribution in [1.29, 1.82) is 0 Å². The molecular weight excluding hydrogens is 318 g/mol. The van der Waals surface area contributed by atoms with Crippen molar-refractivity contribution in [3.63, 3.8) is 0 Å². The number of allylic oxidation sites excluding steroid dienone is 1. The van der Waals surface area contributed by atoms with Crippen LogP contribution in [0.5, 0.6) is 5.75 Å². The molecule has 0 aliphatic heterocycles. The van der Waals surface area contributed by atoms with Crippen molar-refractivity contribution >= 4 is 23.2 Å². The van der Waals surface area contributed by atoms with Gasteiger partial charge in [-0.05, 0) is 30.2 Å². The topological polar surface area (TPSA) is 92.4 Å². The van der Waals surface area contributed by atoms with Crippen molar-refractivity contribution in [2.24, 2.45) is 5.10 Å². The summed E-state index contributed by atoms with van der Waals surface area (Å²) in [7, 11) is 0. The number of carbonyl (C=O) groups is 1. The SMILES string of the molecule is C=CCc1cccc(/C=N/NC(=O)Cn2nc3ccccc3n2)c1O. The molecule has 0 unspecified atom stereocenters. The normalized spacial score (nSPS) is 11.0. The fourth-order valence-electron chi connectivity index (χ4n) is 2.35. The third-order valence-corrected chi connectivity index (χ3v) is 3.52. The number of amides is 1. The molecule has 3 aromatic rings. The Morgan fingerprint density at radius 1 is 1.20 bits per heavy atom. The van der Waals surface area contributed by atoms with Crippen molar-refractivity contribution in [3.8, 4) is 5.75 Å². The van der Waals surface area contributed by atoms with E-state index in [-0.39, 0.29) is 18.2 Å². The van der Waals surface area contributed by atoms with E-state index in [2.05, 4.69) is 27.3 Å². The third-order valence-electron chi connectivity index (χ3n) is 3.52. The summed E-state index contributed by atoms with van der Waals surface area (Å²) < 4.78 is 0. The van der Waals surface area contributed by atoms with Crippen LogP contribution in [0.1, 0.15) is 11.1 Å². The van der Waals surface area contributed by atoms with E-state index in [0.717, 1.165) is 16.6 Å². The molecule has 0 spiro atoms. The van der Waals surface area contributed by atoms with Crippen molar-refractivity contribution in [2.75, 3.05) is 0 Å². The Balaban J connectivity index is 1.63. The number of carbonyl (C=O) groups excluding carboxylic acids is 1. The molecule has 0 bridgehead atoms. The van der Waals surface area contributed by atoms with Crippen molar-refractivity contribution in [1.82, 2.24) is 20.4 Å². The van der Waals surface area contributed by atoms with Gasteiger partial charge in [0.25, 0.3) is 5.91 Å². The zero-order valence-corrected chi connectivity index (χ0v) is 13.5. The Morgan fingerprint density at radius 2 is 1.92 bits per heavy atom. The van der Waals surface area contributed by atoms with Crippen LogP contribution >= 0.6 is 0 Å². The van der Waals surface area contributed by atoms with Crippen molar-refractivity contribution in [2.45, 2.75) is 13.0 Å². The minimum absolute atomic E-state index is 0.0471. The van der Waals surface area contributed by atoms with E-state index in [1.807, 2.05) is 24.3 Å². The highest BCUT2D eigenvalue weighted by atomic mass is 16.3. The van der Waals surface area contributed by atoms with Crippen molar-refractivity contribution in [3.05, 3.63) is 66.2 Å². The second-order valence-electron chi connectivity index (χ2n) is 5.36. The molecule has 0 saturated heterocycles. The van der Waals surface area contributed by atoms with Crippen LogP contribution in [0.4, 0.5) is 0 Å². The average molecular weight is 335 g/mol. The number of nitrogens with one attached hydrogen (secondary N) is 1. The van der Waals surface area contributed by atoms with Gasteiger partial charge in [0, 0.05) is 5.56 Å². The van der Waals surface area contributed by atoms with Gasteiger partial charge in [-0.1, -0.05) is 30.3 Å². The van der Waals surface area contributed by atoms with Gasteiger partial charge in [0.2, 0.25) is 0 Å². The standard InChI is InChI=1S/C18H17N5O2/c1-2-6-13-7-5-8-14(18(13)25)11-19-20-17(24)12-23-21-15-9-3-4-10-16(15)22-23/h2-5,7-11,25H,1,6,12H2,(H,20,24)/b19-11+. The first-order chi connectivity index (χ1) is 12.2. The lowest BCUT2D eigenvalue weighted by molar-refractivity contribution is -0.122. The smallest absolute Gasteiger partial charge is 0.263 e. The van der Waals surface area contributed by atoms with E-state index in [1.165, 1.54) is 11.0 Å². The van der Waals surface area contributed by atoms with Gasteiger partial charge >= 0.3 is 0 Å². The Kier molecular flexibility index (Phi) is 4.84. The van der Waals surface area contributed by atoms with Crippen LogP contribution in [0.25, 0.3) is 11.0 Å². The molecule has 0 fully saturated rings. The number of benzene rings is 2. The van der Waals surface area contributed by atoms with Gasteiger partial charge in [0.05, 0.1) is 6.21 Å². The van der Waals surface area contributed by atoms with Gasteiger partial charge in [-0.2, -0.15) is 20.1 Å². The predicted octanol–water partition coefficient (Wildman–Crippen LogP) is 2.02. The van der Waals surface area contributed by atoms with Crippen LogP contribution in [0.2, 0.25) is 0 Å². The van der Waals surface area contributed by atoms with Gasteiger partial charge in [-0.25, -0.2) is 5.43 Å². The highest BCUT2D eigenvalue weighted by molar-refractivity contribution is 5.85. The molecule has 7 heteroatoms. The quantitative estimate of drug-likeness (QED) is 0.409. The molecule has 7 nitrogen and oxygen atoms in total. The Bertz CT molecular complexity index is 913. The number of aromatic nitrogens is 3. The molecule has 1 heterocycles. The Labute approximate surface area is 144 Å². The second-order valence-corrected chi connectivity index (χ2v) is 5.36. The third kappa shape index (κ3) is 3.89. The molecule has 1 amide bonds. The first-order valence-electron chi connectivity index (χ1n) is 7.71. The number of rotatable bonds is 6. The first kappa shape index (κ1) is 16.4. The molecule has 0 aliphatic rings. The monoisotopic (exact) mass is 335 g/mol. The maximum absolute atomic E-state index is 11.9. The second kappa shape index (κ2) is 7.39. The van der Waals surface area contributed by atoms with Crippen LogP contribution in [-0.2, 0) is 17.8 Å². The van der Waals surface area contributed by atoms with Crippen LogP contribution in [0.3, 0.4) is 0 Å². The Hall–Kier alpha value is -3.48. The number of phenols is 1. The van der Waals surface area contributed by atoms with Crippen LogP contribution in [0, 0.1) is 0 Å². The average Bonchev–Trinajstić information content (AvgIpc) is 3.00. The molecule has 0 aliphatic carbocycles. The van der Waals surface area contributed by atoms with Gasteiger partial charge in [-0.3, -0.25) is 4.79 Å². The molecule has 0 radical (unpaired) electrons. The Morgan fingerprint density at radius 3 is 2.60 bits per heavy atom. The van der Waals surface area contributed by atoms with Crippen molar-refractivity contribution < 1.29 is 9.90 Å². The number of fused-ring (bicyclic) bond motifs is 1. The summed E-state index contributed by atoms with van der Waals surface area (Å²) in [5.41, 5.74) is 5.11. The fraction of sp³-hybridized carbons (Fsp3) is 0.111. The van der Waals surface area contributed by atoms with Gasteiger partial charge in [0.1, 0.15) is 23.3 Å². The lowest BCUT2D eigenvalue weighted by atomic mass is 10.1. The molecule has 126 valence electrons. The lowest BCUT2D eigenvalue weighted by Gasteiger charge is -2.04. The lowest BCUT2D eigenvalue weighted by Crippen LogP contribution is -2.24. The number of phenolic OH excluding ortho intramolecular Hbond substituents is 1. The minimum Gasteiger partial charge on any atom is -0.507 e. The summed E-state index contributed by atoms with van der Waals surface area (Å²) >= 11 is 0. The number of aromatic hydroxyl groups is 1. The first-order valence-corrected chi connectivity index (χ1v) is 7.71. The summed E-state index contributed by atoms with van der Waals surface area (Å²) in [5, 5.41) is 22.4. The van der Waals surface area contributed by atoms with Crippen LogP contribution in [0.15, 0.2) is 60.2 Å². The summed E-state index contributed by atoms with van der Waals surface area (Å²) in [5.74, 6) is -0.237. The maximum atomic E-state index is 11.9. The summed E-state index contributed by atoms with van der Waals surface area (Å²) in [4.78, 5) is 13.2. The molecule has 1 aromatic heterocycles. The zero-order chi connectivity index (χ0) is 17.6. The molecule has 2 aromatic carbocycles. The molecule has 25 heavy (non-hydrogen) atoms. The summed E-state index contributed by atoms with van der Waals surface area (Å²) in [6, 6.07) is 12.7. The minimum atomic E-state index is -0.363. The zero-order valence-electron chi connectivity index (χ0n) is 13.5. The predicted molar refractivity (Wildman–Crippen MR) is 95.3 cm³/mol. The van der Waals surface area contributed by atoms with Gasteiger partial charge in [-0.15, -0.1) is 6.58 Å². The number of para-hydroxylation sites is 1. The summed E-state index contributed by atoms with van der Waals surface area (Å²) in [6.45, 7) is 3.60. The largest absolute Gasteiger partial charge is 0.507 e. The molecule has 2 N–H and O–H groups in total. The van der Waals surface area contributed by atoms with E-state index in [4.69, 9.17) is 0 Å². The van der Waals surface area contributed by atoms with Gasteiger partial charge < -0.3 is 5.11 Å². The van der Waals surface area contributed by atoms with Crippen LogP contribution < -0.4 is 5.43 Å². The van der Waals surface area contributed by atoms with Gasteiger partial charge in [0.15, 0.2) is 0 Å². The van der Waals surface area contributed by atoms with Crippen LogP contribution in [-0.4, -0.2) is 32.2 Å².